The first-order valence-corrected chi connectivity index (χ1v) is 7.36. The van der Waals surface area contributed by atoms with Crippen LogP contribution < -0.4 is 4.74 Å². The van der Waals surface area contributed by atoms with E-state index in [9.17, 15) is 9.50 Å². The lowest BCUT2D eigenvalue weighted by Crippen LogP contribution is -2.25. The van der Waals surface area contributed by atoms with Crippen LogP contribution in [-0.2, 0) is 6.54 Å². The zero-order valence-corrected chi connectivity index (χ0v) is 13.4. The maximum Gasteiger partial charge on any atom is 0.255 e. The highest BCUT2D eigenvalue weighted by atomic mass is 35.5. The number of benzene rings is 1. The van der Waals surface area contributed by atoms with E-state index in [4.69, 9.17) is 16.3 Å². The summed E-state index contributed by atoms with van der Waals surface area (Å²) in [5.41, 5.74) is 0.684. The molecule has 0 unspecified atom stereocenters. The summed E-state index contributed by atoms with van der Waals surface area (Å²) in [6.07, 6.45) is 2.96. The van der Waals surface area contributed by atoms with Gasteiger partial charge in [0.15, 0.2) is 5.82 Å². The van der Waals surface area contributed by atoms with E-state index in [1.807, 2.05) is 4.57 Å². The summed E-state index contributed by atoms with van der Waals surface area (Å²) in [6.45, 7) is 3.87. The maximum absolute atomic E-state index is 13.7. The molecule has 0 saturated heterocycles. The van der Waals surface area contributed by atoms with E-state index in [-0.39, 0.29) is 10.9 Å². The number of fused-ring (bicyclic) bond motifs is 1. The van der Waals surface area contributed by atoms with Gasteiger partial charge in [-0.3, -0.25) is 0 Å². The zero-order valence-electron chi connectivity index (χ0n) is 12.6. The SMILES string of the molecule is CC(C)(O)Cn1cnc2cc(Oc3ncc(Cl)cc3F)ccc21. The van der Waals surface area contributed by atoms with Gasteiger partial charge in [0.2, 0.25) is 0 Å². The van der Waals surface area contributed by atoms with E-state index in [0.717, 1.165) is 11.6 Å². The Bertz CT molecular complexity index is 858. The van der Waals surface area contributed by atoms with Gasteiger partial charge in [-0.25, -0.2) is 14.4 Å². The summed E-state index contributed by atoms with van der Waals surface area (Å²) in [5, 5.41) is 10.1. The van der Waals surface area contributed by atoms with Gasteiger partial charge in [-0.15, -0.1) is 0 Å². The van der Waals surface area contributed by atoms with Crippen molar-refractivity contribution >= 4 is 22.6 Å². The Hall–Kier alpha value is -2.18. The molecule has 0 spiro atoms. The zero-order chi connectivity index (χ0) is 16.6. The third kappa shape index (κ3) is 3.60. The molecule has 2 heterocycles. The molecule has 0 saturated carbocycles. The molecule has 0 atom stereocenters. The number of ether oxygens (including phenoxy) is 1. The average Bonchev–Trinajstić information content (AvgIpc) is 2.82. The second kappa shape index (κ2) is 5.79. The van der Waals surface area contributed by atoms with Crippen molar-refractivity contribution in [1.82, 2.24) is 14.5 Å². The Balaban J connectivity index is 1.89. The second-order valence-electron chi connectivity index (χ2n) is 5.88. The molecule has 0 aliphatic rings. The predicted octanol–water partition coefficient (Wildman–Crippen LogP) is 3.79. The molecule has 0 bridgehead atoms. The van der Waals surface area contributed by atoms with Crippen molar-refractivity contribution in [3.63, 3.8) is 0 Å². The Morgan fingerprint density at radius 3 is 2.78 bits per heavy atom. The Morgan fingerprint density at radius 1 is 1.30 bits per heavy atom. The van der Waals surface area contributed by atoms with Crippen LogP contribution in [-0.4, -0.2) is 25.2 Å². The number of pyridine rings is 1. The molecule has 3 rings (SSSR count). The molecular formula is C16H15ClFN3O2. The minimum absolute atomic E-state index is 0.148. The highest BCUT2D eigenvalue weighted by Gasteiger charge is 2.16. The van der Waals surface area contributed by atoms with Crippen molar-refractivity contribution in [3.05, 3.63) is 47.6 Å². The molecule has 7 heteroatoms. The normalized spacial score (nSPS) is 11.9. The van der Waals surface area contributed by atoms with Gasteiger partial charge in [0.25, 0.3) is 5.88 Å². The highest BCUT2D eigenvalue weighted by molar-refractivity contribution is 6.30. The van der Waals surface area contributed by atoms with E-state index >= 15 is 0 Å². The van der Waals surface area contributed by atoms with Crippen LogP contribution in [0.1, 0.15) is 13.8 Å². The third-order valence-electron chi connectivity index (χ3n) is 3.14. The van der Waals surface area contributed by atoms with E-state index < -0.39 is 11.4 Å². The Kier molecular flexibility index (Phi) is 3.95. The number of hydrogen-bond acceptors (Lipinski definition) is 4. The summed E-state index contributed by atoms with van der Waals surface area (Å²) in [4.78, 5) is 8.10. The molecule has 0 aliphatic heterocycles. The van der Waals surface area contributed by atoms with Crippen LogP contribution in [0, 0.1) is 5.82 Å². The number of aromatic nitrogens is 3. The van der Waals surface area contributed by atoms with Crippen LogP contribution in [0.25, 0.3) is 11.0 Å². The predicted molar refractivity (Wildman–Crippen MR) is 85.3 cm³/mol. The smallest absolute Gasteiger partial charge is 0.255 e. The van der Waals surface area contributed by atoms with E-state index in [2.05, 4.69) is 9.97 Å². The van der Waals surface area contributed by atoms with Crippen LogP contribution in [0.5, 0.6) is 11.6 Å². The second-order valence-corrected chi connectivity index (χ2v) is 6.31. The third-order valence-corrected chi connectivity index (χ3v) is 3.35. The molecule has 0 amide bonds. The van der Waals surface area contributed by atoms with Gasteiger partial charge < -0.3 is 14.4 Å². The van der Waals surface area contributed by atoms with Crippen LogP contribution in [0.3, 0.4) is 0 Å². The van der Waals surface area contributed by atoms with Crippen LogP contribution in [0.4, 0.5) is 4.39 Å². The van der Waals surface area contributed by atoms with Crippen LogP contribution in [0.15, 0.2) is 36.8 Å². The van der Waals surface area contributed by atoms with Gasteiger partial charge in [-0.2, -0.15) is 0 Å². The minimum atomic E-state index is -0.848. The fourth-order valence-electron chi connectivity index (χ4n) is 2.24. The molecule has 120 valence electrons. The quantitative estimate of drug-likeness (QED) is 0.788. The molecule has 0 aliphatic carbocycles. The van der Waals surface area contributed by atoms with E-state index in [0.29, 0.717) is 17.8 Å². The maximum atomic E-state index is 13.7. The lowest BCUT2D eigenvalue weighted by atomic mass is 10.1. The molecule has 0 radical (unpaired) electrons. The van der Waals surface area contributed by atoms with Crippen molar-refractivity contribution in [2.24, 2.45) is 0 Å². The van der Waals surface area contributed by atoms with Crippen molar-refractivity contribution in [1.29, 1.82) is 0 Å². The van der Waals surface area contributed by atoms with E-state index in [1.165, 1.54) is 6.20 Å². The fraction of sp³-hybridized carbons (Fsp3) is 0.250. The summed E-state index contributed by atoms with van der Waals surface area (Å²) < 4.78 is 21.0. The Morgan fingerprint density at radius 2 is 2.09 bits per heavy atom. The standard InChI is InChI=1S/C16H15ClFN3O2/c1-16(2,22)8-21-9-20-13-6-11(3-4-14(13)21)23-15-12(18)5-10(17)7-19-15/h3-7,9,22H,8H2,1-2H3. The first kappa shape index (κ1) is 15.7. The van der Waals surface area contributed by atoms with Crippen LogP contribution in [0.2, 0.25) is 5.02 Å². The van der Waals surface area contributed by atoms with Gasteiger partial charge in [0.05, 0.1) is 34.5 Å². The van der Waals surface area contributed by atoms with Crippen molar-refractivity contribution in [2.75, 3.05) is 0 Å². The molecule has 23 heavy (non-hydrogen) atoms. The van der Waals surface area contributed by atoms with Crippen LogP contribution >= 0.6 is 11.6 Å². The highest BCUT2D eigenvalue weighted by Crippen LogP contribution is 2.27. The van der Waals surface area contributed by atoms with Gasteiger partial charge in [0.1, 0.15) is 5.75 Å². The molecule has 3 aromatic rings. The van der Waals surface area contributed by atoms with Crippen molar-refractivity contribution in [2.45, 2.75) is 26.0 Å². The topological polar surface area (TPSA) is 60.2 Å². The number of nitrogens with zero attached hydrogens (tertiary/aromatic N) is 3. The summed E-state index contributed by atoms with van der Waals surface area (Å²) in [7, 11) is 0. The minimum Gasteiger partial charge on any atom is -0.436 e. The van der Waals surface area contributed by atoms with Gasteiger partial charge in [-0.05, 0) is 32.0 Å². The van der Waals surface area contributed by atoms with Crippen molar-refractivity contribution < 1.29 is 14.2 Å². The van der Waals surface area contributed by atoms with E-state index in [1.54, 1.807) is 38.4 Å². The first-order valence-electron chi connectivity index (χ1n) is 6.98. The van der Waals surface area contributed by atoms with Crippen molar-refractivity contribution in [3.8, 4) is 11.6 Å². The molecule has 5 nitrogen and oxygen atoms in total. The van der Waals surface area contributed by atoms with Gasteiger partial charge >= 0.3 is 0 Å². The summed E-state index contributed by atoms with van der Waals surface area (Å²) in [5.74, 6) is -0.366. The number of imidazole rings is 1. The number of hydrogen-bond donors (Lipinski definition) is 1. The summed E-state index contributed by atoms with van der Waals surface area (Å²) >= 11 is 5.66. The Labute approximate surface area is 137 Å². The van der Waals surface area contributed by atoms with Gasteiger partial charge in [0, 0.05) is 12.3 Å². The molecular weight excluding hydrogens is 321 g/mol. The monoisotopic (exact) mass is 335 g/mol. The largest absolute Gasteiger partial charge is 0.436 e. The molecule has 0 fully saturated rings. The molecule has 1 N–H and O–H groups in total. The fourth-order valence-corrected chi connectivity index (χ4v) is 2.38. The average molecular weight is 336 g/mol. The number of aliphatic hydroxyl groups is 1. The molecule has 2 aromatic heterocycles. The summed E-state index contributed by atoms with van der Waals surface area (Å²) in [6, 6.07) is 6.32. The number of rotatable bonds is 4. The lowest BCUT2D eigenvalue weighted by molar-refractivity contribution is 0.0627. The first-order chi connectivity index (χ1) is 10.8. The number of halogens is 2. The van der Waals surface area contributed by atoms with Gasteiger partial charge in [-0.1, -0.05) is 11.6 Å². The molecule has 1 aromatic carbocycles. The lowest BCUT2D eigenvalue weighted by Gasteiger charge is -2.18.